The van der Waals surface area contributed by atoms with E-state index in [1.54, 1.807) is 12.1 Å². The minimum Gasteiger partial charge on any atom is -0.458 e. The van der Waals surface area contributed by atoms with Gasteiger partial charge in [0.05, 0.1) is 13.2 Å². The molecule has 5 heteroatoms. The fourth-order valence-corrected chi connectivity index (χ4v) is 1.97. The summed E-state index contributed by atoms with van der Waals surface area (Å²) in [6.45, 7) is 1.06. The quantitative estimate of drug-likeness (QED) is 0.925. The maximum Gasteiger partial charge on any atom is 0.217 e. The molecule has 1 aliphatic heterocycles. The van der Waals surface area contributed by atoms with Gasteiger partial charge in [0, 0.05) is 0 Å². The van der Waals surface area contributed by atoms with Crippen LogP contribution in [-0.4, -0.2) is 18.3 Å². The zero-order chi connectivity index (χ0) is 13.2. The van der Waals surface area contributed by atoms with Crippen molar-refractivity contribution < 1.29 is 23.4 Å². The smallest absolute Gasteiger partial charge is 0.217 e. The summed E-state index contributed by atoms with van der Waals surface area (Å²) in [6, 6.07) is 9.00. The maximum absolute atomic E-state index is 12.8. The maximum atomic E-state index is 12.8. The molecule has 4 nitrogen and oxygen atoms in total. The van der Waals surface area contributed by atoms with Gasteiger partial charge >= 0.3 is 0 Å². The summed E-state index contributed by atoms with van der Waals surface area (Å²) in [5, 5.41) is 10.1. The molecule has 0 amide bonds. The normalized spacial score (nSPS) is 17.8. The molecule has 19 heavy (non-hydrogen) atoms. The van der Waals surface area contributed by atoms with Crippen molar-refractivity contribution in [2.75, 3.05) is 13.2 Å². The molecule has 1 aromatic carbocycles. The van der Waals surface area contributed by atoms with E-state index >= 15 is 0 Å². The molecular formula is C14H13FO4. The summed E-state index contributed by atoms with van der Waals surface area (Å²) in [5.74, 6) is 0.554. The van der Waals surface area contributed by atoms with Gasteiger partial charge in [-0.2, -0.15) is 0 Å². The first-order valence-corrected chi connectivity index (χ1v) is 6.00. The fourth-order valence-electron chi connectivity index (χ4n) is 1.97. The van der Waals surface area contributed by atoms with Crippen molar-refractivity contribution in [2.24, 2.45) is 0 Å². The first-order chi connectivity index (χ1) is 9.24. The SMILES string of the molecule is OC(c1ccc(F)cc1)c1ccc(C2OCCO2)o1. The molecule has 1 unspecified atom stereocenters. The second-order valence-corrected chi connectivity index (χ2v) is 4.27. The molecule has 100 valence electrons. The molecule has 0 radical (unpaired) electrons. The first kappa shape index (κ1) is 12.3. The van der Waals surface area contributed by atoms with Gasteiger partial charge in [-0.3, -0.25) is 0 Å². The lowest BCUT2D eigenvalue weighted by atomic mass is 10.1. The Balaban J connectivity index is 1.79. The molecule has 1 saturated heterocycles. The molecule has 0 spiro atoms. The van der Waals surface area contributed by atoms with E-state index in [4.69, 9.17) is 13.9 Å². The van der Waals surface area contributed by atoms with Crippen LogP contribution in [0.25, 0.3) is 0 Å². The van der Waals surface area contributed by atoms with Gasteiger partial charge in [0.25, 0.3) is 0 Å². The van der Waals surface area contributed by atoms with Crippen molar-refractivity contribution in [2.45, 2.75) is 12.4 Å². The Kier molecular flexibility index (Phi) is 3.33. The van der Waals surface area contributed by atoms with Crippen molar-refractivity contribution in [3.63, 3.8) is 0 Å². The van der Waals surface area contributed by atoms with Crippen LogP contribution in [0.5, 0.6) is 0 Å². The highest BCUT2D eigenvalue weighted by Gasteiger charge is 2.23. The third-order valence-electron chi connectivity index (χ3n) is 2.96. The number of benzene rings is 1. The zero-order valence-corrected chi connectivity index (χ0v) is 10.1. The van der Waals surface area contributed by atoms with Crippen LogP contribution in [0.15, 0.2) is 40.8 Å². The molecule has 1 aromatic heterocycles. The standard InChI is InChI=1S/C14H13FO4/c15-10-3-1-9(2-4-10)13(16)11-5-6-12(19-11)14-17-7-8-18-14/h1-6,13-14,16H,7-8H2. The van der Waals surface area contributed by atoms with Gasteiger partial charge < -0.3 is 19.0 Å². The Hall–Kier alpha value is -1.69. The van der Waals surface area contributed by atoms with Crippen LogP contribution in [0.3, 0.4) is 0 Å². The van der Waals surface area contributed by atoms with Crippen LogP contribution in [-0.2, 0) is 9.47 Å². The second kappa shape index (κ2) is 5.13. The third kappa shape index (κ3) is 2.53. The van der Waals surface area contributed by atoms with Gasteiger partial charge in [0.2, 0.25) is 6.29 Å². The minimum atomic E-state index is -0.934. The first-order valence-electron chi connectivity index (χ1n) is 6.00. The van der Waals surface area contributed by atoms with E-state index in [9.17, 15) is 9.50 Å². The number of rotatable bonds is 3. The number of halogens is 1. The molecule has 0 aliphatic carbocycles. The summed E-state index contributed by atoms with van der Waals surface area (Å²) in [7, 11) is 0. The van der Waals surface area contributed by atoms with Gasteiger partial charge in [0.15, 0.2) is 5.76 Å². The highest BCUT2D eigenvalue weighted by Crippen LogP contribution is 2.29. The summed E-state index contributed by atoms with van der Waals surface area (Å²) in [5.41, 5.74) is 0.565. The van der Waals surface area contributed by atoms with Crippen molar-refractivity contribution in [3.05, 3.63) is 59.3 Å². The highest BCUT2D eigenvalue weighted by molar-refractivity contribution is 5.25. The zero-order valence-electron chi connectivity index (χ0n) is 10.1. The molecule has 1 fully saturated rings. The van der Waals surface area contributed by atoms with Crippen LogP contribution in [0.2, 0.25) is 0 Å². The number of aliphatic hydroxyl groups is 1. The molecule has 1 aliphatic rings. The largest absolute Gasteiger partial charge is 0.458 e. The van der Waals surface area contributed by atoms with Gasteiger partial charge in [-0.05, 0) is 29.8 Å². The van der Waals surface area contributed by atoms with E-state index in [2.05, 4.69) is 0 Å². The van der Waals surface area contributed by atoms with Crippen molar-refractivity contribution in [1.82, 2.24) is 0 Å². The Morgan fingerprint density at radius 1 is 1.05 bits per heavy atom. The summed E-state index contributed by atoms with van der Waals surface area (Å²) < 4.78 is 29.0. The van der Waals surface area contributed by atoms with Crippen molar-refractivity contribution >= 4 is 0 Å². The summed E-state index contributed by atoms with van der Waals surface area (Å²) in [4.78, 5) is 0. The minimum absolute atomic E-state index is 0.344. The topological polar surface area (TPSA) is 51.8 Å². The summed E-state index contributed by atoms with van der Waals surface area (Å²) in [6.07, 6.45) is -1.44. The Labute approximate surface area is 109 Å². The van der Waals surface area contributed by atoms with E-state index in [0.29, 0.717) is 30.3 Å². The number of hydrogen-bond donors (Lipinski definition) is 1. The van der Waals surface area contributed by atoms with E-state index in [1.807, 2.05) is 0 Å². The van der Waals surface area contributed by atoms with Crippen molar-refractivity contribution in [1.29, 1.82) is 0 Å². The van der Waals surface area contributed by atoms with Gasteiger partial charge in [-0.25, -0.2) is 4.39 Å². The lowest BCUT2D eigenvalue weighted by Crippen LogP contribution is -1.99. The highest BCUT2D eigenvalue weighted by atomic mass is 19.1. The van der Waals surface area contributed by atoms with Crippen LogP contribution >= 0.6 is 0 Å². The van der Waals surface area contributed by atoms with Gasteiger partial charge in [-0.15, -0.1) is 0 Å². The molecule has 2 heterocycles. The summed E-state index contributed by atoms with van der Waals surface area (Å²) >= 11 is 0. The molecule has 0 bridgehead atoms. The monoisotopic (exact) mass is 264 g/mol. The Morgan fingerprint density at radius 3 is 2.42 bits per heavy atom. The number of aliphatic hydroxyl groups excluding tert-OH is 1. The number of furan rings is 1. The van der Waals surface area contributed by atoms with Crippen LogP contribution < -0.4 is 0 Å². The number of hydrogen-bond acceptors (Lipinski definition) is 4. The number of ether oxygens (including phenoxy) is 2. The molecule has 1 atom stereocenters. The van der Waals surface area contributed by atoms with E-state index in [-0.39, 0.29) is 5.82 Å². The molecule has 2 aromatic rings. The third-order valence-corrected chi connectivity index (χ3v) is 2.96. The second-order valence-electron chi connectivity index (χ2n) is 4.27. The molecule has 0 saturated carbocycles. The predicted octanol–water partition coefficient (Wildman–Crippen LogP) is 2.55. The van der Waals surface area contributed by atoms with E-state index in [1.165, 1.54) is 24.3 Å². The average molecular weight is 264 g/mol. The van der Waals surface area contributed by atoms with Crippen LogP contribution in [0.1, 0.15) is 29.5 Å². The lowest BCUT2D eigenvalue weighted by molar-refractivity contribution is -0.0602. The van der Waals surface area contributed by atoms with E-state index in [0.717, 1.165) is 0 Å². The average Bonchev–Trinajstić information content (AvgIpc) is 3.10. The van der Waals surface area contributed by atoms with Crippen LogP contribution in [0, 0.1) is 5.82 Å². The van der Waals surface area contributed by atoms with Gasteiger partial charge in [0.1, 0.15) is 17.7 Å². The van der Waals surface area contributed by atoms with Crippen LogP contribution in [0.4, 0.5) is 4.39 Å². The van der Waals surface area contributed by atoms with Gasteiger partial charge in [-0.1, -0.05) is 12.1 Å². The molecule has 1 N–H and O–H groups in total. The fraction of sp³-hybridized carbons (Fsp3) is 0.286. The predicted molar refractivity (Wildman–Crippen MR) is 63.8 cm³/mol. The van der Waals surface area contributed by atoms with Crippen molar-refractivity contribution in [3.8, 4) is 0 Å². The molecular weight excluding hydrogens is 251 g/mol. The Bertz CT molecular complexity index is 543. The molecule has 3 rings (SSSR count). The lowest BCUT2D eigenvalue weighted by Gasteiger charge is -2.09. The van der Waals surface area contributed by atoms with E-state index < -0.39 is 12.4 Å². The Morgan fingerprint density at radius 2 is 1.74 bits per heavy atom.